The summed E-state index contributed by atoms with van der Waals surface area (Å²) in [5, 5.41) is 18.9. The number of rotatable bonds is 2. The van der Waals surface area contributed by atoms with Crippen LogP contribution in [0.3, 0.4) is 0 Å². The molecule has 1 N–H and O–H groups in total. The summed E-state index contributed by atoms with van der Waals surface area (Å²) in [5.41, 5.74) is 2.03. The number of hydrogen-bond acceptors (Lipinski definition) is 5. The summed E-state index contributed by atoms with van der Waals surface area (Å²) in [6.45, 7) is 3.95. The van der Waals surface area contributed by atoms with Gasteiger partial charge in [0, 0.05) is 22.3 Å². The van der Waals surface area contributed by atoms with E-state index in [-0.39, 0.29) is 5.34 Å². The molecule has 0 fully saturated rings. The van der Waals surface area contributed by atoms with Gasteiger partial charge in [-0.25, -0.2) is 4.39 Å². The molecule has 0 saturated carbocycles. The average Bonchev–Trinajstić information content (AvgIpc) is 3.58. The van der Waals surface area contributed by atoms with Gasteiger partial charge in [-0.05, 0) is 58.6 Å². The van der Waals surface area contributed by atoms with Crippen molar-refractivity contribution in [2.45, 2.75) is 38.0 Å². The molecule has 8 heteroatoms. The maximum absolute atomic E-state index is 14.7. The van der Waals surface area contributed by atoms with Crippen molar-refractivity contribution in [2.75, 3.05) is 5.34 Å². The van der Waals surface area contributed by atoms with Crippen molar-refractivity contribution < 1.29 is 9.50 Å². The van der Waals surface area contributed by atoms with E-state index >= 15 is 0 Å². The van der Waals surface area contributed by atoms with Crippen LogP contribution < -0.4 is 0 Å². The first-order valence-electron chi connectivity index (χ1n) is 9.82. The van der Waals surface area contributed by atoms with Crippen LogP contribution in [-0.4, -0.2) is 10.4 Å². The van der Waals surface area contributed by atoms with Crippen LogP contribution in [-0.2, 0) is 11.3 Å². The van der Waals surface area contributed by atoms with Gasteiger partial charge in [0.25, 0.3) is 0 Å². The van der Waals surface area contributed by atoms with E-state index < -0.39 is 11.3 Å². The second kappa shape index (κ2) is 9.26. The van der Waals surface area contributed by atoms with Gasteiger partial charge in [-0.3, -0.25) is 0 Å². The van der Waals surface area contributed by atoms with Gasteiger partial charge in [-0.2, -0.15) is 0 Å². The fourth-order valence-corrected chi connectivity index (χ4v) is 8.52. The molecule has 0 unspecified atom stereocenters. The highest BCUT2D eigenvalue weighted by atomic mass is 35.5. The Balaban J connectivity index is 0.000000133. The Morgan fingerprint density at radius 1 is 0.710 bits per heavy atom. The lowest BCUT2D eigenvalue weighted by atomic mass is 9.91. The molecule has 0 aromatic carbocycles. The van der Waals surface area contributed by atoms with Crippen LogP contribution in [0.2, 0.25) is 0 Å². The first-order chi connectivity index (χ1) is 15.0. The molecule has 0 amide bonds. The Labute approximate surface area is 207 Å². The van der Waals surface area contributed by atoms with Crippen molar-refractivity contribution in [1.29, 1.82) is 0 Å². The van der Waals surface area contributed by atoms with Crippen molar-refractivity contribution in [1.82, 2.24) is 0 Å². The molecule has 1 nitrogen and oxygen atoms in total. The van der Waals surface area contributed by atoms with Crippen LogP contribution in [0.4, 0.5) is 4.39 Å². The van der Waals surface area contributed by atoms with E-state index in [0.29, 0.717) is 6.42 Å². The minimum absolute atomic E-state index is 0.194. The first kappa shape index (κ1) is 23.4. The van der Waals surface area contributed by atoms with Crippen LogP contribution in [0, 0.1) is 0 Å². The van der Waals surface area contributed by atoms with Crippen molar-refractivity contribution >= 4 is 68.5 Å². The van der Waals surface area contributed by atoms with Gasteiger partial charge in [0.15, 0.2) is 5.67 Å². The summed E-state index contributed by atoms with van der Waals surface area (Å²) in [5.74, 6) is 0. The van der Waals surface area contributed by atoms with E-state index in [0.717, 1.165) is 38.4 Å². The molecule has 0 radical (unpaired) electrons. The zero-order valence-corrected chi connectivity index (χ0v) is 21.7. The lowest BCUT2D eigenvalue weighted by molar-refractivity contribution is 0.0819. The van der Waals surface area contributed by atoms with Crippen LogP contribution in [0.25, 0.3) is 19.5 Å². The third-order valence-corrected chi connectivity index (χ3v) is 9.80. The monoisotopic (exact) mass is 530 g/mol. The van der Waals surface area contributed by atoms with E-state index in [1.807, 2.05) is 36.7 Å². The Bertz CT molecular complexity index is 1000. The smallest absolute Gasteiger partial charge is 0.163 e. The predicted molar refractivity (Wildman–Crippen MR) is 137 cm³/mol. The number of thiophene rings is 4. The van der Waals surface area contributed by atoms with Crippen LogP contribution in [0.1, 0.15) is 48.9 Å². The molecule has 0 aliphatic heterocycles. The Kier molecular flexibility index (Phi) is 7.00. The van der Waals surface area contributed by atoms with Gasteiger partial charge in [-0.1, -0.05) is 13.8 Å². The highest BCUT2D eigenvalue weighted by Crippen LogP contribution is 2.56. The molecule has 2 aliphatic carbocycles. The summed E-state index contributed by atoms with van der Waals surface area (Å²) in [7, 11) is 0. The predicted octanol–water partition coefficient (Wildman–Crippen LogP) is 9.27. The summed E-state index contributed by atoms with van der Waals surface area (Å²) in [6.07, 6.45) is 1.28. The SMILES string of the molecule is CCC1(F)c2ccsc2-c2sccc21.CCC1(O)c2ccsc2-c2sccc21.ClCCl. The van der Waals surface area contributed by atoms with Crippen LogP contribution >= 0.6 is 68.5 Å². The average molecular weight is 532 g/mol. The minimum Gasteiger partial charge on any atom is -0.380 e. The fourth-order valence-electron chi connectivity index (χ4n) is 4.27. The molecule has 0 saturated heterocycles. The Hall–Kier alpha value is -0.730. The highest BCUT2D eigenvalue weighted by Gasteiger charge is 2.44. The van der Waals surface area contributed by atoms with Crippen molar-refractivity contribution in [3.05, 3.63) is 68.0 Å². The van der Waals surface area contributed by atoms with E-state index in [2.05, 4.69) is 22.9 Å². The number of aliphatic hydroxyl groups is 1. The van der Waals surface area contributed by atoms with Gasteiger partial charge in [0.05, 0.1) is 24.8 Å². The van der Waals surface area contributed by atoms with Crippen LogP contribution in [0.5, 0.6) is 0 Å². The molecule has 0 atom stereocenters. The second-order valence-electron chi connectivity index (χ2n) is 7.12. The third-order valence-electron chi connectivity index (χ3n) is 5.82. The van der Waals surface area contributed by atoms with Gasteiger partial charge in [-0.15, -0.1) is 68.5 Å². The maximum atomic E-state index is 14.7. The molecular formula is C23H21Cl2FOS4. The minimum atomic E-state index is -1.22. The standard InChI is InChI=1S/C11H9FS2.C11H10OS2.CH2Cl2/c2*1-2-11(12)7-3-5-13-9(7)10-8(11)4-6-14-10;2-1-3/h3-6H,2H2,1H3;3-6,12H,2H2,1H3;1H2. The van der Waals surface area contributed by atoms with E-state index in [1.165, 1.54) is 9.75 Å². The van der Waals surface area contributed by atoms with Gasteiger partial charge in [0.2, 0.25) is 0 Å². The largest absolute Gasteiger partial charge is 0.380 e. The van der Waals surface area contributed by atoms with Gasteiger partial charge in [0.1, 0.15) is 5.60 Å². The molecule has 6 rings (SSSR count). The number of halogens is 3. The lowest BCUT2D eigenvalue weighted by Gasteiger charge is -2.21. The van der Waals surface area contributed by atoms with E-state index in [4.69, 9.17) is 23.2 Å². The molecule has 4 aromatic rings. The molecular weight excluding hydrogens is 510 g/mol. The van der Waals surface area contributed by atoms with Crippen LogP contribution in [0.15, 0.2) is 45.8 Å². The molecule has 0 spiro atoms. The summed E-state index contributed by atoms with van der Waals surface area (Å²) >= 11 is 16.3. The molecule has 164 valence electrons. The molecule has 4 aromatic heterocycles. The van der Waals surface area contributed by atoms with Gasteiger partial charge >= 0.3 is 0 Å². The van der Waals surface area contributed by atoms with Gasteiger partial charge < -0.3 is 5.11 Å². The van der Waals surface area contributed by atoms with E-state index in [1.54, 1.807) is 45.3 Å². The normalized spacial score (nSPS) is 15.7. The Morgan fingerprint density at radius 2 is 1.03 bits per heavy atom. The zero-order chi connectivity index (χ0) is 22.2. The Morgan fingerprint density at radius 3 is 1.35 bits per heavy atom. The van der Waals surface area contributed by atoms with Crippen molar-refractivity contribution in [3.63, 3.8) is 0 Å². The van der Waals surface area contributed by atoms with Crippen molar-refractivity contribution in [3.8, 4) is 19.5 Å². The van der Waals surface area contributed by atoms with Crippen molar-refractivity contribution in [2.24, 2.45) is 0 Å². The number of hydrogen-bond donors (Lipinski definition) is 1. The third kappa shape index (κ3) is 3.65. The number of fused-ring (bicyclic) bond motifs is 6. The molecule has 4 heterocycles. The second-order valence-corrected chi connectivity index (χ2v) is 11.6. The molecule has 31 heavy (non-hydrogen) atoms. The fraction of sp³-hybridized carbons (Fsp3) is 0.304. The maximum Gasteiger partial charge on any atom is 0.163 e. The first-order valence-corrected chi connectivity index (χ1v) is 14.4. The summed E-state index contributed by atoms with van der Waals surface area (Å²) in [6, 6.07) is 7.96. The quantitative estimate of drug-likeness (QED) is 0.256. The molecule has 2 aliphatic rings. The summed E-state index contributed by atoms with van der Waals surface area (Å²) in [4.78, 5) is 4.80. The number of alkyl halides is 3. The van der Waals surface area contributed by atoms with E-state index in [9.17, 15) is 9.50 Å². The highest BCUT2D eigenvalue weighted by molar-refractivity contribution is 7.21. The topological polar surface area (TPSA) is 20.2 Å². The zero-order valence-electron chi connectivity index (χ0n) is 17.0. The lowest BCUT2D eigenvalue weighted by Crippen LogP contribution is -2.22. The molecule has 0 bridgehead atoms. The summed E-state index contributed by atoms with van der Waals surface area (Å²) < 4.78 is 14.7.